The van der Waals surface area contributed by atoms with E-state index < -0.39 is 5.97 Å². The van der Waals surface area contributed by atoms with Crippen molar-refractivity contribution >= 4 is 16.9 Å². The molecular formula is C16H15N3O2. The second-order valence-corrected chi connectivity index (χ2v) is 5.52. The van der Waals surface area contributed by atoms with Crippen molar-refractivity contribution in [3.8, 4) is 0 Å². The fraction of sp³-hybridized carbons (Fsp3) is 0.250. The molecule has 0 aliphatic heterocycles. The molecule has 0 saturated heterocycles. The van der Waals surface area contributed by atoms with Gasteiger partial charge in [0.1, 0.15) is 0 Å². The van der Waals surface area contributed by atoms with Crippen LogP contribution in [0.15, 0.2) is 43.0 Å². The largest absolute Gasteiger partial charge is 0.478 e. The minimum absolute atomic E-state index is 0.350. The number of hydrogen-bond acceptors (Lipinski definition) is 2. The number of para-hydroxylation sites is 1. The molecule has 3 aromatic rings. The van der Waals surface area contributed by atoms with Gasteiger partial charge in [-0.1, -0.05) is 18.2 Å². The number of imidazole rings is 1. The van der Waals surface area contributed by atoms with Crippen molar-refractivity contribution in [1.29, 1.82) is 0 Å². The lowest BCUT2D eigenvalue weighted by molar-refractivity contribution is 0.0699. The minimum Gasteiger partial charge on any atom is -0.478 e. The number of aromatic nitrogens is 3. The molecule has 1 aliphatic rings. The maximum absolute atomic E-state index is 11.4. The average molecular weight is 281 g/mol. The third-order valence-electron chi connectivity index (χ3n) is 4.04. The normalized spacial score (nSPS) is 14.7. The van der Waals surface area contributed by atoms with Crippen LogP contribution in [-0.2, 0) is 6.54 Å². The Hall–Kier alpha value is -2.56. The first-order valence-electron chi connectivity index (χ1n) is 7.06. The molecule has 0 atom stereocenters. The third-order valence-corrected chi connectivity index (χ3v) is 4.04. The summed E-state index contributed by atoms with van der Waals surface area (Å²) in [6, 6.07) is 8.19. The van der Waals surface area contributed by atoms with Gasteiger partial charge in [0.15, 0.2) is 0 Å². The molecule has 4 rings (SSSR count). The first-order chi connectivity index (χ1) is 10.2. The van der Waals surface area contributed by atoms with Crippen LogP contribution in [0, 0.1) is 0 Å². The SMILES string of the molecule is O=C(O)c1cn(Cc2cncn2C2CC2)c2ccccc12. The second kappa shape index (κ2) is 4.48. The van der Waals surface area contributed by atoms with Gasteiger partial charge in [0.25, 0.3) is 0 Å². The van der Waals surface area contributed by atoms with Gasteiger partial charge >= 0.3 is 5.97 Å². The summed E-state index contributed by atoms with van der Waals surface area (Å²) in [6.45, 7) is 0.643. The van der Waals surface area contributed by atoms with Gasteiger partial charge < -0.3 is 14.2 Å². The van der Waals surface area contributed by atoms with E-state index in [2.05, 4.69) is 9.55 Å². The zero-order valence-corrected chi connectivity index (χ0v) is 11.4. The van der Waals surface area contributed by atoms with Crippen molar-refractivity contribution in [2.75, 3.05) is 0 Å². The molecule has 2 heterocycles. The van der Waals surface area contributed by atoms with E-state index in [0.29, 0.717) is 18.2 Å². The molecule has 0 unspecified atom stereocenters. The molecule has 106 valence electrons. The molecule has 0 amide bonds. The maximum Gasteiger partial charge on any atom is 0.337 e. The monoisotopic (exact) mass is 281 g/mol. The van der Waals surface area contributed by atoms with Crippen LogP contribution in [0.2, 0.25) is 0 Å². The highest BCUT2D eigenvalue weighted by Gasteiger charge is 2.25. The van der Waals surface area contributed by atoms with E-state index in [4.69, 9.17) is 0 Å². The van der Waals surface area contributed by atoms with E-state index in [1.807, 2.05) is 41.4 Å². The Morgan fingerprint density at radius 2 is 2.14 bits per heavy atom. The van der Waals surface area contributed by atoms with Crippen LogP contribution in [0.1, 0.15) is 34.9 Å². The topological polar surface area (TPSA) is 60.0 Å². The zero-order valence-electron chi connectivity index (χ0n) is 11.4. The Morgan fingerprint density at radius 3 is 2.90 bits per heavy atom. The lowest BCUT2D eigenvalue weighted by Crippen LogP contribution is -2.05. The highest BCUT2D eigenvalue weighted by molar-refractivity contribution is 6.03. The van der Waals surface area contributed by atoms with E-state index in [1.165, 1.54) is 12.8 Å². The fourth-order valence-electron chi connectivity index (χ4n) is 2.86. The Bertz CT molecular complexity index is 827. The van der Waals surface area contributed by atoms with Crippen LogP contribution < -0.4 is 0 Å². The van der Waals surface area contributed by atoms with Crippen molar-refractivity contribution in [2.24, 2.45) is 0 Å². The molecule has 1 aliphatic carbocycles. The zero-order chi connectivity index (χ0) is 14.4. The van der Waals surface area contributed by atoms with Gasteiger partial charge in [-0.25, -0.2) is 9.78 Å². The molecule has 5 nitrogen and oxygen atoms in total. The number of carbonyl (C=O) groups is 1. The summed E-state index contributed by atoms with van der Waals surface area (Å²) in [5.41, 5.74) is 2.41. The number of carboxylic acid groups (broad SMARTS) is 1. The third kappa shape index (κ3) is 2.01. The van der Waals surface area contributed by atoms with Gasteiger partial charge in [0, 0.05) is 29.3 Å². The van der Waals surface area contributed by atoms with Crippen LogP contribution in [0.5, 0.6) is 0 Å². The van der Waals surface area contributed by atoms with E-state index >= 15 is 0 Å². The van der Waals surface area contributed by atoms with Gasteiger partial charge in [0.2, 0.25) is 0 Å². The molecule has 1 aromatic carbocycles. The van der Waals surface area contributed by atoms with Crippen molar-refractivity contribution in [1.82, 2.24) is 14.1 Å². The number of nitrogens with zero attached hydrogens (tertiary/aromatic N) is 3. The Kier molecular flexibility index (Phi) is 2.60. The van der Waals surface area contributed by atoms with Gasteiger partial charge in [0.05, 0.1) is 24.1 Å². The van der Waals surface area contributed by atoms with Crippen LogP contribution in [0.25, 0.3) is 10.9 Å². The van der Waals surface area contributed by atoms with Crippen LogP contribution >= 0.6 is 0 Å². The van der Waals surface area contributed by atoms with E-state index in [9.17, 15) is 9.90 Å². The molecule has 2 aromatic heterocycles. The van der Waals surface area contributed by atoms with Gasteiger partial charge in [-0.2, -0.15) is 0 Å². The van der Waals surface area contributed by atoms with E-state index in [-0.39, 0.29) is 0 Å². The van der Waals surface area contributed by atoms with Crippen LogP contribution in [-0.4, -0.2) is 25.2 Å². The molecule has 1 N–H and O–H groups in total. The molecule has 21 heavy (non-hydrogen) atoms. The Morgan fingerprint density at radius 1 is 1.33 bits per heavy atom. The first-order valence-corrected chi connectivity index (χ1v) is 7.06. The summed E-state index contributed by atoms with van der Waals surface area (Å²) in [7, 11) is 0. The number of rotatable bonds is 4. The summed E-state index contributed by atoms with van der Waals surface area (Å²) in [4.78, 5) is 15.6. The van der Waals surface area contributed by atoms with E-state index in [1.54, 1.807) is 6.20 Å². The number of benzene rings is 1. The molecule has 5 heteroatoms. The Labute approximate surface area is 121 Å². The quantitative estimate of drug-likeness (QED) is 0.800. The number of aromatic carboxylic acids is 1. The highest BCUT2D eigenvalue weighted by Crippen LogP contribution is 2.36. The molecule has 1 fully saturated rings. The first kappa shape index (κ1) is 12.2. The van der Waals surface area contributed by atoms with Crippen molar-refractivity contribution < 1.29 is 9.90 Å². The van der Waals surface area contributed by atoms with Gasteiger partial charge in [-0.05, 0) is 18.9 Å². The number of hydrogen-bond donors (Lipinski definition) is 1. The van der Waals surface area contributed by atoms with Crippen LogP contribution in [0.4, 0.5) is 0 Å². The standard InChI is InChI=1S/C16H15N3O2/c20-16(21)14-9-18(15-4-2-1-3-13(14)15)8-12-7-17-10-19(12)11-5-6-11/h1-4,7,9-11H,5-6,8H2,(H,20,21). The lowest BCUT2D eigenvalue weighted by atomic mass is 10.2. The lowest BCUT2D eigenvalue weighted by Gasteiger charge is -2.08. The minimum atomic E-state index is -0.888. The highest BCUT2D eigenvalue weighted by atomic mass is 16.4. The summed E-state index contributed by atoms with van der Waals surface area (Å²) < 4.78 is 4.20. The van der Waals surface area contributed by atoms with E-state index in [0.717, 1.165) is 16.6 Å². The molecule has 0 spiro atoms. The second-order valence-electron chi connectivity index (χ2n) is 5.52. The molecule has 0 radical (unpaired) electrons. The van der Waals surface area contributed by atoms with Crippen molar-refractivity contribution in [3.63, 3.8) is 0 Å². The molecule has 1 saturated carbocycles. The predicted octanol–water partition coefficient (Wildman–Crippen LogP) is 2.92. The summed E-state index contributed by atoms with van der Waals surface area (Å²) in [6.07, 6.45) is 7.87. The molecule has 0 bridgehead atoms. The smallest absolute Gasteiger partial charge is 0.337 e. The van der Waals surface area contributed by atoms with Crippen molar-refractivity contribution in [2.45, 2.75) is 25.4 Å². The van der Waals surface area contributed by atoms with Gasteiger partial charge in [-0.15, -0.1) is 0 Å². The average Bonchev–Trinajstić information content (AvgIpc) is 3.11. The predicted molar refractivity (Wildman–Crippen MR) is 78.5 cm³/mol. The summed E-state index contributed by atoms with van der Waals surface area (Å²) in [5, 5.41) is 10.1. The number of fused-ring (bicyclic) bond motifs is 1. The van der Waals surface area contributed by atoms with Crippen LogP contribution in [0.3, 0.4) is 0 Å². The summed E-state index contributed by atoms with van der Waals surface area (Å²) in [5.74, 6) is -0.888. The summed E-state index contributed by atoms with van der Waals surface area (Å²) >= 11 is 0. The van der Waals surface area contributed by atoms with Gasteiger partial charge in [-0.3, -0.25) is 0 Å². The Balaban J connectivity index is 1.79. The van der Waals surface area contributed by atoms with Crippen molar-refractivity contribution in [3.05, 3.63) is 54.2 Å². The maximum atomic E-state index is 11.4. The number of carboxylic acids is 1. The fourth-order valence-corrected chi connectivity index (χ4v) is 2.86. The molecular weight excluding hydrogens is 266 g/mol.